The van der Waals surface area contributed by atoms with Crippen LogP contribution in [0.25, 0.3) is 12.2 Å². The van der Waals surface area contributed by atoms with Crippen LogP contribution in [0.1, 0.15) is 25.2 Å². The molecule has 1 aromatic carbocycles. The number of aromatic nitrogens is 2. The molecule has 0 aliphatic carbocycles. The van der Waals surface area contributed by atoms with Gasteiger partial charge in [0.15, 0.2) is 11.5 Å². The largest absolute Gasteiger partial charge is 0.493 e. The molecule has 0 fully saturated rings. The second-order valence-electron chi connectivity index (χ2n) is 5.29. The van der Waals surface area contributed by atoms with Crippen molar-refractivity contribution in [3.05, 3.63) is 50.1 Å². The topological polar surface area (TPSA) is 128 Å². The summed E-state index contributed by atoms with van der Waals surface area (Å²) in [6.07, 6.45) is 3.00. The molecule has 132 valence electrons. The minimum absolute atomic E-state index is 0.00680. The van der Waals surface area contributed by atoms with Gasteiger partial charge in [-0.3, -0.25) is 14.9 Å². The summed E-state index contributed by atoms with van der Waals surface area (Å²) in [5.41, 5.74) is -1.31. The third kappa shape index (κ3) is 4.34. The normalized spacial score (nSPS) is 11.0. The molecule has 0 amide bonds. The number of ether oxygens (including phenoxy) is 2. The first-order valence-corrected chi connectivity index (χ1v) is 7.32. The van der Waals surface area contributed by atoms with E-state index in [-0.39, 0.29) is 11.9 Å². The van der Waals surface area contributed by atoms with Gasteiger partial charge in [-0.05, 0) is 37.6 Å². The minimum Gasteiger partial charge on any atom is -0.493 e. The Morgan fingerprint density at radius 3 is 2.60 bits per heavy atom. The number of aromatic amines is 1. The second kappa shape index (κ2) is 7.47. The SMILES string of the molecule is COc1cc(C=Cc2nc(O)c([N+](=O)[O-])c(=O)[nH]2)ccc1OC(C)C. The summed E-state index contributed by atoms with van der Waals surface area (Å²) < 4.78 is 10.9. The fourth-order valence-corrected chi connectivity index (χ4v) is 2.03. The van der Waals surface area contributed by atoms with E-state index in [0.29, 0.717) is 17.1 Å². The molecule has 0 unspecified atom stereocenters. The maximum absolute atomic E-state index is 11.6. The molecule has 1 heterocycles. The van der Waals surface area contributed by atoms with Crippen molar-refractivity contribution in [2.24, 2.45) is 0 Å². The van der Waals surface area contributed by atoms with Gasteiger partial charge in [0.2, 0.25) is 0 Å². The lowest BCUT2D eigenvalue weighted by Crippen LogP contribution is -2.14. The molecule has 9 heteroatoms. The first-order chi connectivity index (χ1) is 11.8. The first-order valence-electron chi connectivity index (χ1n) is 7.32. The quantitative estimate of drug-likeness (QED) is 0.606. The Morgan fingerprint density at radius 1 is 1.32 bits per heavy atom. The van der Waals surface area contributed by atoms with Crippen LogP contribution in [-0.4, -0.2) is 33.2 Å². The predicted molar refractivity (Wildman–Crippen MR) is 90.9 cm³/mol. The van der Waals surface area contributed by atoms with E-state index in [4.69, 9.17) is 9.47 Å². The molecule has 1 aromatic heterocycles. The van der Waals surface area contributed by atoms with Gasteiger partial charge in [-0.1, -0.05) is 12.1 Å². The van der Waals surface area contributed by atoms with Gasteiger partial charge in [-0.2, -0.15) is 4.98 Å². The number of methoxy groups -OCH3 is 1. The summed E-state index contributed by atoms with van der Waals surface area (Å²) in [5, 5.41) is 20.2. The number of nitrogens with one attached hydrogen (secondary N) is 1. The summed E-state index contributed by atoms with van der Waals surface area (Å²) in [7, 11) is 1.52. The Morgan fingerprint density at radius 2 is 2.04 bits per heavy atom. The smallest absolute Gasteiger partial charge is 0.395 e. The molecule has 0 radical (unpaired) electrons. The van der Waals surface area contributed by atoms with Gasteiger partial charge in [-0.25, -0.2) is 0 Å². The maximum atomic E-state index is 11.6. The van der Waals surface area contributed by atoms with E-state index < -0.39 is 22.0 Å². The molecule has 0 bridgehead atoms. The molecular formula is C16H17N3O6. The summed E-state index contributed by atoms with van der Waals surface area (Å²) in [6.45, 7) is 3.80. The summed E-state index contributed by atoms with van der Waals surface area (Å²) in [5.74, 6) is 0.166. The molecule has 0 spiro atoms. The zero-order chi connectivity index (χ0) is 18.6. The fraction of sp³-hybridized carbons (Fsp3) is 0.250. The number of benzene rings is 1. The van der Waals surface area contributed by atoms with E-state index >= 15 is 0 Å². The number of nitro groups is 1. The monoisotopic (exact) mass is 347 g/mol. The molecule has 9 nitrogen and oxygen atoms in total. The van der Waals surface area contributed by atoms with Crippen LogP contribution in [0, 0.1) is 10.1 Å². The fourth-order valence-electron chi connectivity index (χ4n) is 2.03. The highest BCUT2D eigenvalue weighted by molar-refractivity contribution is 5.68. The number of H-pyrrole nitrogens is 1. The Kier molecular flexibility index (Phi) is 5.38. The maximum Gasteiger partial charge on any atom is 0.395 e. The van der Waals surface area contributed by atoms with E-state index in [9.17, 15) is 20.0 Å². The number of aromatic hydroxyl groups is 1. The van der Waals surface area contributed by atoms with Crippen LogP contribution in [0.2, 0.25) is 0 Å². The van der Waals surface area contributed by atoms with Crippen molar-refractivity contribution < 1.29 is 19.5 Å². The molecule has 0 saturated carbocycles. The predicted octanol–water partition coefficient (Wildman–Crippen LogP) is 2.35. The van der Waals surface area contributed by atoms with Gasteiger partial charge in [0, 0.05) is 0 Å². The van der Waals surface area contributed by atoms with Gasteiger partial charge < -0.3 is 19.6 Å². The lowest BCUT2D eigenvalue weighted by Gasteiger charge is -2.13. The Bertz CT molecular complexity index is 873. The number of hydrogen-bond donors (Lipinski definition) is 2. The van der Waals surface area contributed by atoms with Crippen LogP contribution in [0.4, 0.5) is 5.69 Å². The van der Waals surface area contributed by atoms with Gasteiger partial charge in [0.05, 0.1) is 18.1 Å². The molecule has 25 heavy (non-hydrogen) atoms. The van der Waals surface area contributed by atoms with Crippen LogP contribution < -0.4 is 15.0 Å². The number of rotatable bonds is 6. The van der Waals surface area contributed by atoms with Crippen molar-refractivity contribution in [2.75, 3.05) is 7.11 Å². The standard InChI is InChI=1S/C16H17N3O6/c1-9(2)25-11-6-4-10(8-12(11)24-3)5-7-13-17-15(20)14(19(22)23)16(21)18-13/h4-9H,1-3H3,(H2,17,18,20,21). The third-order valence-corrected chi connectivity index (χ3v) is 3.06. The zero-order valence-corrected chi connectivity index (χ0v) is 13.8. The Labute approximate surface area is 142 Å². The first kappa shape index (κ1) is 18.0. The molecule has 2 aromatic rings. The van der Waals surface area contributed by atoms with Crippen LogP contribution in [-0.2, 0) is 0 Å². The van der Waals surface area contributed by atoms with E-state index in [1.54, 1.807) is 24.3 Å². The van der Waals surface area contributed by atoms with Crippen molar-refractivity contribution in [1.82, 2.24) is 9.97 Å². The van der Waals surface area contributed by atoms with Crippen LogP contribution in [0.3, 0.4) is 0 Å². The van der Waals surface area contributed by atoms with E-state index in [1.165, 1.54) is 13.2 Å². The average Bonchev–Trinajstić information content (AvgIpc) is 2.52. The van der Waals surface area contributed by atoms with Crippen molar-refractivity contribution in [1.29, 1.82) is 0 Å². The molecular weight excluding hydrogens is 330 g/mol. The van der Waals surface area contributed by atoms with Crippen molar-refractivity contribution in [3.63, 3.8) is 0 Å². The third-order valence-electron chi connectivity index (χ3n) is 3.06. The highest BCUT2D eigenvalue weighted by atomic mass is 16.6. The van der Waals surface area contributed by atoms with Gasteiger partial charge in [0.1, 0.15) is 5.82 Å². The summed E-state index contributed by atoms with van der Waals surface area (Å²) >= 11 is 0. The van der Waals surface area contributed by atoms with Crippen LogP contribution in [0.15, 0.2) is 23.0 Å². The van der Waals surface area contributed by atoms with Gasteiger partial charge in [-0.15, -0.1) is 0 Å². The lowest BCUT2D eigenvalue weighted by molar-refractivity contribution is -0.387. The van der Waals surface area contributed by atoms with Crippen molar-refractivity contribution >= 4 is 17.8 Å². The summed E-state index contributed by atoms with van der Waals surface area (Å²) in [4.78, 5) is 27.1. The van der Waals surface area contributed by atoms with Crippen LogP contribution in [0.5, 0.6) is 17.4 Å². The average molecular weight is 347 g/mol. The van der Waals surface area contributed by atoms with E-state index in [1.807, 2.05) is 13.8 Å². The highest BCUT2D eigenvalue weighted by Gasteiger charge is 2.21. The zero-order valence-electron chi connectivity index (χ0n) is 13.8. The molecule has 0 saturated heterocycles. The second-order valence-corrected chi connectivity index (χ2v) is 5.29. The number of nitrogens with zero attached hydrogens (tertiary/aromatic N) is 2. The van der Waals surface area contributed by atoms with Crippen molar-refractivity contribution in [2.45, 2.75) is 20.0 Å². The van der Waals surface area contributed by atoms with Crippen molar-refractivity contribution in [3.8, 4) is 17.4 Å². The number of hydrogen-bond acceptors (Lipinski definition) is 7. The Balaban J connectivity index is 2.30. The molecule has 0 aliphatic heterocycles. The van der Waals surface area contributed by atoms with Gasteiger partial charge in [0.25, 0.3) is 5.88 Å². The van der Waals surface area contributed by atoms with E-state index in [0.717, 1.165) is 0 Å². The molecule has 2 rings (SSSR count). The molecule has 0 atom stereocenters. The Hall–Kier alpha value is -3.36. The van der Waals surface area contributed by atoms with Crippen LogP contribution >= 0.6 is 0 Å². The van der Waals surface area contributed by atoms with Gasteiger partial charge >= 0.3 is 11.2 Å². The summed E-state index contributed by atoms with van der Waals surface area (Å²) in [6, 6.07) is 5.22. The minimum atomic E-state index is -1.03. The highest BCUT2D eigenvalue weighted by Crippen LogP contribution is 2.29. The lowest BCUT2D eigenvalue weighted by atomic mass is 10.2. The molecule has 2 N–H and O–H groups in total. The molecule has 0 aliphatic rings. The van der Waals surface area contributed by atoms with E-state index in [2.05, 4.69) is 9.97 Å².